The first-order chi connectivity index (χ1) is 10.9. The number of fused-ring (bicyclic) bond motifs is 1. The Morgan fingerprint density at radius 1 is 1.22 bits per heavy atom. The minimum atomic E-state index is -0.670. The van der Waals surface area contributed by atoms with Crippen molar-refractivity contribution < 1.29 is 14.1 Å². The van der Waals surface area contributed by atoms with Gasteiger partial charge in [-0.15, -0.1) is 0 Å². The molecule has 9 heteroatoms. The minimum Gasteiger partial charge on any atom is -0.423 e. The SMILES string of the molecule is O=C(Nc1nc2cc(Cl)ccc2o1)c1cc([N+](=O)[O-])ccc1Cl. The van der Waals surface area contributed by atoms with Crippen LogP contribution in [0.5, 0.6) is 0 Å². The highest BCUT2D eigenvalue weighted by atomic mass is 35.5. The van der Waals surface area contributed by atoms with Crippen molar-refractivity contribution in [2.75, 3.05) is 5.32 Å². The number of non-ortho nitro benzene ring substituents is 1. The summed E-state index contributed by atoms with van der Waals surface area (Å²) in [6.45, 7) is 0. The Hall–Kier alpha value is -2.64. The Morgan fingerprint density at radius 2 is 2.00 bits per heavy atom. The molecule has 3 aromatic rings. The number of nitro groups is 1. The second kappa shape index (κ2) is 5.86. The standard InChI is InChI=1S/C14H7Cl2N3O4/c15-7-1-4-12-11(5-7)17-14(23-12)18-13(20)9-6-8(19(21)22)2-3-10(9)16/h1-6H,(H,17,18,20). The van der Waals surface area contributed by atoms with Crippen molar-refractivity contribution >= 4 is 51.9 Å². The smallest absolute Gasteiger partial charge is 0.302 e. The second-order valence-electron chi connectivity index (χ2n) is 4.51. The number of carbonyl (C=O) groups excluding carboxylic acids is 1. The highest BCUT2D eigenvalue weighted by Gasteiger charge is 2.18. The number of rotatable bonds is 3. The summed E-state index contributed by atoms with van der Waals surface area (Å²) in [4.78, 5) is 26.4. The Kier molecular flexibility index (Phi) is 3.89. The summed E-state index contributed by atoms with van der Waals surface area (Å²) in [6, 6.07) is 8.32. The second-order valence-corrected chi connectivity index (χ2v) is 5.35. The van der Waals surface area contributed by atoms with Gasteiger partial charge in [-0.2, -0.15) is 4.98 Å². The molecule has 0 fully saturated rings. The lowest BCUT2D eigenvalue weighted by atomic mass is 10.2. The number of anilines is 1. The third-order valence-corrected chi connectivity index (χ3v) is 3.54. The molecular formula is C14H7Cl2N3O4. The van der Waals surface area contributed by atoms with Crippen LogP contribution in [0.25, 0.3) is 11.1 Å². The van der Waals surface area contributed by atoms with Crippen molar-refractivity contribution in [3.63, 3.8) is 0 Å². The molecule has 0 atom stereocenters. The van der Waals surface area contributed by atoms with E-state index >= 15 is 0 Å². The number of nitrogens with zero attached hydrogens (tertiary/aromatic N) is 2. The van der Waals surface area contributed by atoms with Crippen LogP contribution in [0.2, 0.25) is 10.0 Å². The minimum absolute atomic E-state index is 0.0545. The first kappa shape index (κ1) is 15.3. The number of carbonyl (C=O) groups is 1. The van der Waals surface area contributed by atoms with Gasteiger partial charge in [0.05, 0.1) is 15.5 Å². The monoisotopic (exact) mass is 351 g/mol. The van der Waals surface area contributed by atoms with Gasteiger partial charge >= 0.3 is 6.01 Å². The molecule has 1 heterocycles. The van der Waals surface area contributed by atoms with Gasteiger partial charge in [0.15, 0.2) is 5.58 Å². The van der Waals surface area contributed by atoms with Crippen molar-refractivity contribution in [1.82, 2.24) is 4.98 Å². The van der Waals surface area contributed by atoms with E-state index in [-0.39, 0.29) is 22.3 Å². The number of amides is 1. The maximum absolute atomic E-state index is 12.2. The zero-order valence-electron chi connectivity index (χ0n) is 11.2. The highest BCUT2D eigenvalue weighted by molar-refractivity contribution is 6.34. The average molecular weight is 352 g/mol. The van der Waals surface area contributed by atoms with Crippen LogP contribution < -0.4 is 5.32 Å². The van der Waals surface area contributed by atoms with Crippen molar-refractivity contribution in [2.45, 2.75) is 0 Å². The fourth-order valence-corrected chi connectivity index (χ4v) is 2.29. The molecule has 116 valence electrons. The number of oxazole rings is 1. The van der Waals surface area contributed by atoms with E-state index < -0.39 is 10.8 Å². The summed E-state index contributed by atoms with van der Waals surface area (Å²) in [5.41, 5.74) is 0.609. The van der Waals surface area contributed by atoms with Gasteiger partial charge in [-0.1, -0.05) is 23.2 Å². The van der Waals surface area contributed by atoms with Crippen LogP contribution in [0.1, 0.15) is 10.4 Å². The highest BCUT2D eigenvalue weighted by Crippen LogP contribution is 2.25. The summed E-state index contributed by atoms with van der Waals surface area (Å²) >= 11 is 11.8. The Balaban J connectivity index is 1.91. The van der Waals surface area contributed by atoms with Crippen LogP contribution in [0, 0.1) is 10.1 Å². The molecule has 1 aromatic heterocycles. The molecule has 0 radical (unpaired) electrons. The van der Waals surface area contributed by atoms with Crippen LogP contribution in [0.4, 0.5) is 11.7 Å². The molecule has 0 unspecified atom stereocenters. The zero-order chi connectivity index (χ0) is 16.6. The fraction of sp³-hybridized carbons (Fsp3) is 0. The van der Waals surface area contributed by atoms with Crippen molar-refractivity contribution in [2.24, 2.45) is 0 Å². The summed E-state index contributed by atoms with van der Waals surface area (Å²) < 4.78 is 5.35. The summed E-state index contributed by atoms with van der Waals surface area (Å²) in [7, 11) is 0. The number of aromatic nitrogens is 1. The molecule has 0 aliphatic carbocycles. The van der Waals surface area contributed by atoms with Gasteiger partial charge in [0.1, 0.15) is 5.52 Å². The maximum atomic E-state index is 12.2. The number of halogens is 2. The molecule has 0 aliphatic heterocycles. The topological polar surface area (TPSA) is 98.3 Å². The molecule has 0 spiro atoms. The van der Waals surface area contributed by atoms with Gasteiger partial charge in [0.2, 0.25) is 0 Å². The predicted octanol–water partition coefficient (Wildman–Crippen LogP) is 4.30. The van der Waals surface area contributed by atoms with Gasteiger partial charge < -0.3 is 4.42 Å². The van der Waals surface area contributed by atoms with Crippen LogP contribution in [0.15, 0.2) is 40.8 Å². The maximum Gasteiger partial charge on any atom is 0.302 e. The molecule has 0 saturated heterocycles. The Labute approximate surface area is 139 Å². The number of hydrogen-bond donors (Lipinski definition) is 1. The van der Waals surface area contributed by atoms with E-state index in [1.54, 1.807) is 18.2 Å². The molecule has 0 aliphatic rings. The largest absolute Gasteiger partial charge is 0.423 e. The average Bonchev–Trinajstić information content (AvgIpc) is 2.88. The third-order valence-electron chi connectivity index (χ3n) is 2.98. The molecule has 0 saturated carbocycles. The first-order valence-electron chi connectivity index (χ1n) is 6.25. The third kappa shape index (κ3) is 3.10. The van der Waals surface area contributed by atoms with Gasteiger partial charge in [-0.3, -0.25) is 20.2 Å². The molecule has 2 aromatic carbocycles. The molecule has 1 amide bonds. The molecule has 23 heavy (non-hydrogen) atoms. The molecular weight excluding hydrogens is 345 g/mol. The zero-order valence-corrected chi connectivity index (χ0v) is 12.8. The van der Waals surface area contributed by atoms with E-state index in [2.05, 4.69) is 10.3 Å². The summed E-state index contributed by atoms with van der Waals surface area (Å²) in [5, 5.41) is 13.7. The number of benzene rings is 2. The van der Waals surface area contributed by atoms with Gasteiger partial charge in [0.25, 0.3) is 11.6 Å². The predicted molar refractivity (Wildman–Crippen MR) is 85.1 cm³/mol. The molecule has 0 bridgehead atoms. The summed E-state index contributed by atoms with van der Waals surface area (Å²) in [6.07, 6.45) is 0. The number of nitro benzene ring substituents is 1. The van der Waals surface area contributed by atoms with Crippen LogP contribution >= 0.6 is 23.2 Å². The number of hydrogen-bond acceptors (Lipinski definition) is 5. The van der Waals surface area contributed by atoms with E-state index in [1.807, 2.05) is 0 Å². The quantitative estimate of drug-likeness (QED) is 0.560. The van der Waals surface area contributed by atoms with Crippen molar-refractivity contribution in [3.05, 3.63) is 62.1 Å². The molecule has 7 nitrogen and oxygen atoms in total. The Morgan fingerprint density at radius 3 is 2.74 bits per heavy atom. The first-order valence-corrected chi connectivity index (χ1v) is 7.01. The van der Waals surface area contributed by atoms with Gasteiger partial charge in [-0.25, -0.2) is 0 Å². The molecule has 3 rings (SSSR count). The lowest BCUT2D eigenvalue weighted by Gasteiger charge is -2.03. The van der Waals surface area contributed by atoms with Gasteiger partial charge in [0, 0.05) is 17.2 Å². The molecule has 1 N–H and O–H groups in total. The fourth-order valence-electron chi connectivity index (χ4n) is 1.92. The van der Waals surface area contributed by atoms with Crippen molar-refractivity contribution in [1.29, 1.82) is 0 Å². The Bertz CT molecular complexity index is 939. The van der Waals surface area contributed by atoms with Gasteiger partial charge in [-0.05, 0) is 24.3 Å². The van der Waals surface area contributed by atoms with Crippen LogP contribution in [0.3, 0.4) is 0 Å². The van der Waals surface area contributed by atoms with E-state index in [1.165, 1.54) is 12.1 Å². The number of nitrogens with one attached hydrogen (secondary N) is 1. The van der Waals surface area contributed by atoms with Crippen LogP contribution in [-0.2, 0) is 0 Å². The van der Waals surface area contributed by atoms with E-state index in [0.717, 1.165) is 6.07 Å². The van der Waals surface area contributed by atoms with Crippen molar-refractivity contribution in [3.8, 4) is 0 Å². The summed E-state index contributed by atoms with van der Waals surface area (Å²) in [5.74, 6) is -0.670. The van der Waals surface area contributed by atoms with Crippen LogP contribution in [-0.4, -0.2) is 15.8 Å². The lowest BCUT2D eigenvalue weighted by Crippen LogP contribution is -2.13. The van der Waals surface area contributed by atoms with E-state index in [4.69, 9.17) is 27.6 Å². The van der Waals surface area contributed by atoms with E-state index in [0.29, 0.717) is 16.1 Å². The van der Waals surface area contributed by atoms with E-state index in [9.17, 15) is 14.9 Å². The lowest BCUT2D eigenvalue weighted by molar-refractivity contribution is -0.384. The normalized spacial score (nSPS) is 10.7.